The molecule has 2 aromatic rings. The Labute approximate surface area is 137 Å². The molecule has 0 bridgehead atoms. The number of benzene rings is 1. The smallest absolute Gasteiger partial charge is 0.377 e. The third-order valence-electron chi connectivity index (χ3n) is 2.88. The Kier molecular flexibility index (Phi) is 6.04. The van der Waals surface area contributed by atoms with E-state index in [9.17, 15) is 9.59 Å². The molecule has 0 spiro atoms. The van der Waals surface area contributed by atoms with Crippen molar-refractivity contribution in [2.75, 3.05) is 19.0 Å². The van der Waals surface area contributed by atoms with Gasteiger partial charge in [0, 0.05) is 18.0 Å². The van der Waals surface area contributed by atoms with Gasteiger partial charge < -0.3 is 14.8 Å². The van der Waals surface area contributed by atoms with Gasteiger partial charge in [0.1, 0.15) is 5.75 Å². The molecular weight excluding hydrogens is 318 g/mol. The molecule has 2 rings (SSSR count). The van der Waals surface area contributed by atoms with E-state index in [0.29, 0.717) is 19.4 Å². The second-order valence-electron chi connectivity index (χ2n) is 4.73. The molecule has 7 nitrogen and oxygen atoms in total. The van der Waals surface area contributed by atoms with Gasteiger partial charge in [0.25, 0.3) is 5.82 Å². The number of hydrogen-bond donors (Lipinski definition) is 1. The molecule has 23 heavy (non-hydrogen) atoms. The Morgan fingerprint density at radius 1 is 1.26 bits per heavy atom. The van der Waals surface area contributed by atoms with E-state index in [-0.39, 0.29) is 16.9 Å². The Balaban J connectivity index is 1.69. The van der Waals surface area contributed by atoms with E-state index in [4.69, 9.17) is 4.74 Å². The van der Waals surface area contributed by atoms with Crippen molar-refractivity contribution in [1.29, 1.82) is 0 Å². The van der Waals surface area contributed by atoms with Gasteiger partial charge in [-0.15, -0.1) is 0 Å². The summed E-state index contributed by atoms with van der Waals surface area (Å²) in [5.74, 6) is -0.114. The van der Waals surface area contributed by atoms with Crippen LogP contribution in [0.1, 0.15) is 29.0 Å². The zero-order valence-corrected chi connectivity index (χ0v) is 13.7. The second kappa shape index (κ2) is 8.23. The zero-order valence-electron chi connectivity index (χ0n) is 12.9. The number of rotatable bonds is 7. The van der Waals surface area contributed by atoms with Gasteiger partial charge in [0.2, 0.25) is 11.0 Å². The molecule has 0 saturated carbocycles. The van der Waals surface area contributed by atoms with Crippen LogP contribution >= 0.6 is 11.5 Å². The molecule has 1 amide bonds. The van der Waals surface area contributed by atoms with Gasteiger partial charge in [-0.2, -0.15) is 9.36 Å². The number of ether oxygens (including phenoxy) is 2. The highest BCUT2D eigenvalue weighted by molar-refractivity contribution is 7.10. The van der Waals surface area contributed by atoms with Gasteiger partial charge >= 0.3 is 5.97 Å². The van der Waals surface area contributed by atoms with E-state index in [1.807, 2.05) is 31.2 Å². The van der Waals surface area contributed by atoms with Gasteiger partial charge in [-0.25, -0.2) is 4.79 Å². The van der Waals surface area contributed by atoms with E-state index in [1.54, 1.807) is 0 Å². The standard InChI is InChI=1S/C15H17N3O4S/c1-10-5-7-11(8-6-10)22-9-3-4-12(19)16-15-17-13(18-23-15)14(20)21-2/h5-8H,3-4,9H2,1-2H3,(H,16,17,18,19). The van der Waals surface area contributed by atoms with Crippen molar-refractivity contribution in [3.05, 3.63) is 35.7 Å². The molecule has 0 radical (unpaired) electrons. The first kappa shape index (κ1) is 16.9. The maximum absolute atomic E-state index is 11.8. The molecule has 122 valence electrons. The average Bonchev–Trinajstić information content (AvgIpc) is 3.01. The molecule has 1 heterocycles. The van der Waals surface area contributed by atoms with Crippen molar-refractivity contribution in [1.82, 2.24) is 9.36 Å². The summed E-state index contributed by atoms with van der Waals surface area (Å²) in [6, 6.07) is 7.72. The van der Waals surface area contributed by atoms with Crippen molar-refractivity contribution in [3.8, 4) is 5.75 Å². The van der Waals surface area contributed by atoms with E-state index in [0.717, 1.165) is 17.3 Å². The SMILES string of the molecule is COC(=O)c1nsc(NC(=O)CCCOc2ccc(C)cc2)n1. The van der Waals surface area contributed by atoms with Crippen LogP contribution in [0.2, 0.25) is 0 Å². The Morgan fingerprint density at radius 3 is 2.70 bits per heavy atom. The third-order valence-corrected chi connectivity index (χ3v) is 3.51. The van der Waals surface area contributed by atoms with Crippen LogP contribution in [-0.2, 0) is 9.53 Å². The molecule has 0 unspecified atom stereocenters. The van der Waals surface area contributed by atoms with Crippen molar-refractivity contribution in [2.45, 2.75) is 19.8 Å². The number of hydrogen-bond acceptors (Lipinski definition) is 7. The Morgan fingerprint density at radius 2 is 2.00 bits per heavy atom. The lowest BCUT2D eigenvalue weighted by Gasteiger charge is -2.06. The second-order valence-corrected chi connectivity index (χ2v) is 5.48. The topological polar surface area (TPSA) is 90.4 Å². The van der Waals surface area contributed by atoms with Crippen molar-refractivity contribution in [2.24, 2.45) is 0 Å². The first-order valence-electron chi connectivity index (χ1n) is 7.00. The number of amides is 1. The lowest BCUT2D eigenvalue weighted by molar-refractivity contribution is -0.116. The van der Waals surface area contributed by atoms with Crippen LogP contribution in [-0.4, -0.2) is 35.0 Å². The summed E-state index contributed by atoms with van der Waals surface area (Å²) in [6.45, 7) is 2.45. The number of nitrogens with zero attached hydrogens (tertiary/aromatic N) is 2. The van der Waals surface area contributed by atoms with Gasteiger partial charge in [-0.3, -0.25) is 4.79 Å². The van der Waals surface area contributed by atoms with E-state index in [2.05, 4.69) is 19.4 Å². The summed E-state index contributed by atoms with van der Waals surface area (Å²) in [7, 11) is 1.25. The number of esters is 1. The highest BCUT2D eigenvalue weighted by Crippen LogP contribution is 2.13. The van der Waals surface area contributed by atoms with Gasteiger partial charge in [0.05, 0.1) is 13.7 Å². The first-order valence-corrected chi connectivity index (χ1v) is 7.77. The number of carbonyl (C=O) groups is 2. The van der Waals surface area contributed by atoms with Crippen LogP contribution in [0.25, 0.3) is 0 Å². The third kappa shape index (κ3) is 5.33. The highest BCUT2D eigenvalue weighted by Gasteiger charge is 2.14. The van der Waals surface area contributed by atoms with E-state index >= 15 is 0 Å². The number of anilines is 1. The molecule has 0 aliphatic carbocycles. The van der Waals surface area contributed by atoms with E-state index < -0.39 is 5.97 Å². The Bertz CT molecular complexity index is 670. The number of carbonyl (C=O) groups excluding carboxylic acids is 2. The lowest BCUT2D eigenvalue weighted by Crippen LogP contribution is -2.13. The fraction of sp³-hybridized carbons (Fsp3) is 0.333. The summed E-state index contributed by atoms with van der Waals surface area (Å²) in [5.41, 5.74) is 1.17. The van der Waals surface area contributed by atoms with Crippen molar-refractivity contribution >= 4 is 28.5 Å². The molecule has 1 aromatic heterocycles. The molecular formula is C15H17N3O4S. The fourth-order valence-electron chi connectivity index (χ4n) is 1.69. The quantitative estimate of drug-likeness (QED) is 0.617. The first-order chi connectivity index (χ1) is 11.1. The molecule has 0 atom stereocenters. The molecule has 0 aliphatic rings. The monoisotopic (exact) mass is 335 g/mol. The van der Waals surface area contributed by atoms with Gasteiger partial charge in [-0.1, -0.05) is 17.7 Å². The summed E-state index contributed by atoms with van der Waals surface area (Å²) >= 11 is 0.934. The predicted molar refractivity (Wildman–Crippen MR) is 85.8 cm³/mol. The van der Waals surface area contributed by atoms with Gasteiger partial charge in [0.15, 0.2) is 0 Å². The summed E-state index contributed by atoms with van der Waals surface area (Å²) in [6.07, 6.45) is 0.862. The average molecular weight is 335 g/mol. The number of methoxy groups -OCH3 is 1. The summed E-state index contributed by atoms with van der Waals surface area (Å²) < 4.78 is 13.8. The van der Waals surface area contributed by atoms with Crippen molar-refractivity contribution in [3.63, 3.8) is 0 Å². The van der Waals surface area contributed by atoms with Crippen LogP contribution in [0.4, 0.5) is 5.13 Å². The largest absolute Gasteiger partial charge is 0.494 e. The summed E-state index contributed by atoms with van der Waals surface area (Å²) in [4.78, 5) is 26.9. The number of aromatic nitrogens is 2. The minimum atomic E-state index is -0.631. The van der Waals surface area contributed by atoms with Crippen LogP contribution in [0.5, 0.6) is 5.75 Å². The molecule has 0 saturated heterocycles. The number of nitrogens with one attached hydrogen (secondary N) is 1. The van der Waals surface area contributed by atoms with Crippen LogP contribution in [0.15, 0.2) is 24.3 Å². The van der Waals surface area contributed by atoms with Crippen LogP contribution in [0, 0.1) is 6.92 Å². The lowest BCUT2D eigenvalue weighted by atomic mass is 10.2. The Hall–Kier alpha value is -2.48. The van der Waals surface area contributed by atoms with Crippen LogP contribution in [0.3, 0.4) is 0 Å². The molecule has 8 heteroatoms. The highest BCUT2D eigenvalue weighted by atomic mass is 32.1. The fourth-order valence-corrected chi connectivity index (χ4v) is 2.26. The molecule has 0 aliphatic heterocycles. The van der Waals surface area contributed by atoms with Crippen LogP contribution < -0.4 is 10.1 Å². The van der Waals surface area contributed by atoms with Gasteiger partial charge in [-0.05, 0) is 25.5 Å². The normalized spacial score (nSPS) is 10.2. The predicted octanol–water partition coefficient (Wildman–Crippen LogP) is 2.43. The maximum Gasteiger partial charge on any atom is 0.377 e. The minimum Gasteiger partial charge on any atom is -0.494 e. The number of aryl methyl sites for hydroxylation is 1. The summed E-state index contributed by atoms with van der Waals surface area (Å²) in [5, 5.41) is 2.86. The van der Waals surface area contributed by atoms with Crippen molar-refractivity contribution < 1.29 is 19.1 Å². The zero-order chi connectivity index (χ0) is 16.7. The maximum atomic E-state index is 11.8. The molecule has 1 aromatic carbocycles. The molecule has 0 fully saturated rings. The van der Waals surface area contributed by atoms with E-state index in [1.165, 1.54) is 12.7 Å². The minimum absolute atomic E-state index is 0.0597. The molecule has 1 N–H and O–H groups in total.